The third kappa shape index (κ3) is 4.87. The van der Waals surface area contributed by atoms with Gasteiger partial charge in [0, 0.05) is 6.04 Å². The van der Waals surface area contributed by atoms with Crippen molar-refractivity contribution in [1.29, 1.82) is 0 Å². The molecule has 0 spiro atoms. The summed E-state index contributed by atoms with van der Waals surface area (Å²) < 4.78 is 6.07. The number of hydrogen-bond acceptors (Lipinski definition) is 2. The van der Waals surface area contributed by atoms with Crippen LogP contribution in [0.25, 0.3) is 0 Å². The molecule has 0 saturated heterocycles. The van der Waals surface area contributed by atoms with Gasteiger partial charge in [-0.1, -0.05) is 32.4 Å². The first-order chi connectivity index (χ1) is 8.97. The Balaban J connectivity index is 2.85. The van der Waals surface area contributed by atoms with E-state index in [1.54, 1.807) is 0 Å². The molecule has 2 nitrogen and oxygen atoms in total. The zero-order chi connectivity index (χ0) is 14.4. The van der Waals surface area contributed by atoms with Crippen LogP contribution in [0, 0.1) is 13.8 Å². The van der Waals surface area contributed by atoms with Crippen molar-refractivity contribution in [3.05, 3.63) is 28.8 Å². The molecule has 1 aromatic rings. The summed E-state index contributed by atoms with van der Waals surface area (Å²) in [5, 5.41) is 0. The van der Waals surface area contributed by atoms with E-state index in [2.05, 4.69) is 46.8 Å². The average Bonchev–Trinajstić information content (AvgIpc) is 2.34. The van der Waals surface area contributed by atoms with E-state index >= 15 is 0 Å². The SMILES string of the molecule is CCCC(C)Oc1c(C)cc(CC(N)CC)cc1C. The summed E-state index contributed by atoms with van der Waals surface area (Å²) in [6.07, 6.45) is 4.50. The second kappa shape index (κ2) is 7.54. The summed E-state index contributed by atoms with van der Waals surface area (Å²) in [6, 6.07) is 4.69. The molecule has 0 saturated carbocycles. The van der Waals surface area contributed by atoms with Gasteiger partial charge in [-0.3, -0.25) is 0 Å². The molecule has 0 bridgehead atoms. The number of benzene rings is 1. The molecule has 1 aromatic carbocycles. The van der Waals surface area contributed by atoms with Crippen LogP contribution < -0.4 is 10.5 Å². The van der Waals surface area contributed by atoms with Crippen LogP contribution in [0.3, 0.4) is 0 Å². The van der Waals surface area contributed by atoms with E-state index in [1.807, 2.05) is 0 Å². The van der Waals surface area contributed by atoms with Crippen molar-refractivity contribution in [3.8, 4) is 5.75 Å². The highest BCUT2D eigenvalue weighted by Gasteiger charge is 2.11. The molecule has 19 heavy (non-hydrogen) atoms. The number of nitrogens with two attached hydrogens (primary N) is 1. The summed E-state index contributed by atoms with van der Waals surface area (Å²) in [6.45, 7) is 10.7. The first kappa shape index (κ1) is 16.0. The summed E-state index contributed by atoms with van der Waals surface area (Å²) in [7, 11) is 0. The van der Waals surface area contributed by atoms with Crippen LogP contribution in [0.15, 0.2) is 12.1 Å². The molecule has 0 aliphatic rings. The number of hydrogen-bond donors (Lipinski definition) is 1. The van der Waals surface area contributed by atoms with E-state index < -0.39 is 0 Å². The molecule has 1 rings (SSSR count). The number of aryl methyl sites for hydroxylation is 2. The zero-order valence-corrected chi connectivity index (χ0v) is 13.1. The molecular formula is C17H29NO. The summed E-state index contributed by atoms with van der Waals surface area (Å²) >= 11 is 0. The van der Waals surface area contributed by atoms with Gasteiger partial charge < -0.3 is 10.5 Å². The van der Waals surface area contributed by atoms with Gasteiger partial charge in [-0.25, -0.2) is 0 Å². The fourth-order valence-electron chi connectivity index (χ4n) is 2.46. The Morgan fingerprint density at radius 3 is 2.21 bits per heavy atom. The van der Waals surface area contributed by atoms with Crippen LogP contribution in [0.2, 0.25) is 0 Å². The largest absolute Gasteiger partial charge is 0.490 e. The van der Waals surface area contributed by atoms with Crippen LogP contribution in [0.4, 0.5) is 0 Å². The smallest absolute Gasteiger partial charge is 0.125 e. The van der Waals surface area contributed by atoms with E-state index in [4.69, 9.17) is 10.5 Å². The van der Waals surface area contributed by atoms with Gasteiger partial charge >= 0.3 is 0 Å². The Bertz CT molecular complexity index is 377. The minimum atomic E-state index is 0.254. The third-order valence-electron chi connectivity index (χ3n) is 3.56. The van der Waals surface area contributed by atoms with E-state index in [1.165, 1.54) is 16.7 Å². The highest BCUT2D eigenvalue weighted by atomic mass is 16.5. The standard InChI is InChI=1S/C17H29NO/c1-6-8-14(5)19-17-12(3)9-15(10-13(17)4)11-16(18)7-2/h9-10,14,16H,6-8,11,18H2,1-5H3. The fourth-order valence-corrected chi connectivity index (χ4v) is 2.46. The summed E-state index contributed by atoms with van der Waals surface area (Å²) in [4.78, 5) is 0. The Hall–Kier alpha value is -1.02. The molecule has 0 aliphatic carbocycles. The van der Waals surface area contributed by atoms with Crippen molar-refractivity contribution in [3.63, 3.8) is 0 Å². The van der Waals surface area contributed by atoms with Gasteiger partial charge in [0.05, 0.1) is 6.10 Å². The monoisotopic (exact) mass is 263 g/mol. The quantitative estimate of drug-likeness (QED) is 0.802. The molecule has 108 valence electrons. The molecule has 0 aromatic heterocycles. The van der Waals surface area contributed by atoms with Crippen molar-refractivity contribution in [2.24, 2.45) is 5.73 Å². The topological polar surface area (TPSA) is 35.2 Å². The zero-order valence-electron chi connectivity index (χ0n) is 13.1. The maximum absolute atomic E-state index is 6.07. The molecule has 0 fully saturated rings. The van der Waals surface area contributed by atoms with Crippen molar-refractivity contribution in [1.82, 2.24) is 0 Å². The van der Waals surface area contributed by atoms with Gasteiger partial charge in [0.15, 0.2) is 0 Å². The Morgan fingerprint density at radius 2 is 1.74 bits per heavy atom. The molecule has 0 heterocycles. The van der Waals surface area contributed by atoms with Crippen LogP contribution in [-0.2, 0) is 6.42 Å². The molecular weight excluding hydrogens is 234 g/mol. The Labute approximate surface area is 118 Å². The number of rotatable bonds is 7. The lowest BCUT2D eigenvalue weighted by molar-refractivity contribution is 0.207. The maximum Gasteiger partial charge on any atom is 0.125 e. The van der Waals surface area contributed by atoms with Crippen LogP contribution in [0.5, 0.6) is 5.75 Å². The van der Waals surface area contributed by atoms with E-state index in [0.717, 1.165) is 31.4 Å². The van der Waals surface area contributed by atoms with Crippen LogP contribution in [0.1, 0.15) is 56.7 Å². The summed E-state index contributed by atoms with van der Waals surface area (Å²) in [5.74, 6) is 1.05. The average molecular weight is 263 g/mol. The third-order valence-corrected chi connectivity index (χ3v) is 3.56. The lowest BCUT2D eigenvalue weighted by Gasteiger charge is -2.19. The second-order valence-electron chi connectivity index (χ2n) is 5.65. The Morgan fingerprint density at radius 1 is 1.16 bits per heavy atom. The normalized spacial score (nSPS) is 14.2. The lowest BCUT2D eigenvalue weighted by atomic mass is 9.99. The molecule has 2 atom stereocenters. The van der Waals surface area contributed by atoms with Crippen molar-refractivity contribution < 1.29 is 4.74 Å². The van der Waals surface area contributed by atoms with Gasteiger partial charge in [0.2, 0.25) is 0 Å². The summed E-state index contributed by atoms with van der Waals surface area (Å²) in [5.41, 5.74) is 9.80. The van der Waals surface area contributed by atoms with Gasteiger partial charge in [-0.05, 0) is 56.7 Å². The second-order valence-corrected chi connectivity index (χ2v) is 5.65. The predicted molar refractivity (Wildman–Crippen MR) is 82.9 cm³/mol. The van der Waals surface area contributed by atoms with E-state index in [9.17, 15) is 0 Å². The fraction of sp³-hybridized carbons (Fsp3) is 0.647. The van der Waals surface area contributed by atoms with Crippen molar-refractivity contribution in [2.45, 2.75) is 72.4 Å². The van der Waals surface area contributed by atoms with Crippen molar-refractivity contribution >= 4 is 0 Å². The van der Waals surface area contributed by atoms with Gasteiger partial charge in [-0.15, -0.1) is 0 Å². The van der Waals surface area contributed by atoms with Crippen molar-refractivity contribution in [2.75, 3.05) is 0 Å². The molecule has 2 unspecified atom stereocenters. The van der Waals surface area contributed by atoms with Gasteiger partial charge in [-0.2, -0.15) is 0 Å². The molecule has 2 N–H and O–H groups in total. The molecule has 0 amide bonds. The van der Waals surface area contributed by atoms with Gasteiger partial charge in [0.1, 0.15) is 5.75 Å². The number of ether oxygens (including phenoxy) is 1. The first-order valence-electron chi connectivity index (χ1n) is 7.50. The lowest BCUT2D eigenvalue weighted by Crippen LogP contribution is -2.21. The molecule has 0 aliphatic heterocycles. The predicted octanol–water partition coefficient (Wildman–Crippen LogP) is 4.15. The first-order valence-corrected chi connectivity index (χ1v) is 7.50. The van der Waals surface area contributed by atoms with Crippen LogP contribution >= 0.6 is 0 Å². The highest BCUT2D eigenvalue weighted by Crippen LogP contribution is 2.27. The van der Waals surface area contributed by atoms with E-state index in [-0.39, 0.29) is 12.1 Å². The van der Waals surface area contributed by atoms with Gasteiger partial charge in [0.25, 0.3) is 0 Å². The van der Waals surface area contributed by atoms with E-state index in [0.29, 0.717) is 0 Å². The maximum atomic E-state index is 6.07. The minimum absolute atomic E-state index is 0.254. The highest BCUT2D eigenvalue weighted by molar-refractivity contribution is 5.43. The minimum Gasteiger partial charge on any atom is -0.490 e. The van der Waals surface area contributed by atoms with Crippen LogP contribution in [-0.4, -0.2) is 12.1 Å². The molecule has 2 heteroatoms. The molecule has 0 radical (unpaired) electrons. The Kier molecular flexibility index (Phi) is 6.36.